The molecule has 0 spiro atoms. The molecule has 3 heteroatoms. The van der Waals surface area contributed by atoms with Gasteiger partial charge < -0.3 is 10.6 Å². The van der Waals surface area contributed by atoms with Crippen molar-refractivity contribution in [2.24, 2.45) is 17.1 Å². The number of carbonyl (C=O) groups excluding carboxylic acids is 1. The second-order valence-corrected chi connectivity index (χ2v) is 6.90. The summed E-state index contributed by atoms with van der Waals surface area (Å²) in [5.74, 6) is 1.06. The zero-order valence-corrected chi connectivity index (χ0v) is 11.4. The van der Waals surface area contributed by atoms with Gasteiger partial charge in [0.2, 0.25) is 5.91 Å². The van der Waals surface area contributed by atoms with Gasteiger partial charge in [0.1, 0.15) is 0 Å². The lowest BCUT2D eigenvalue weighted by Gasteiger charge is -2.30. The van der Waals surface area contributed by atoms with Gasteiger partial charge in [0.15, 0.2) is 0 Å². The predicted octanol–water partition coefficient (Wildman–Crippen LogP) is 2.15. The molecule has 2 N–H and O–H groups in total. The topological polar surface area (TPSA) is 46.3 Å². The number of hydrogen-bond acceptors (Lipinski definition) is 2. The Kier molecular flexibility index (Phi) is 3.48. The van der Waals surface area contributed by atoms with E-state index in [1.165, 1.54) is 25.7 Å². The molecule has 0 aliphatic heterocycles. The number of carbonyl (C=O) groups is 1. The van der Waals surface area contributed by atoms with Gasteiger partial charge in [0, 0.05) is 25.0 Å². The molecule has 0 saturated heterocycles. The summed E-state index contributed by atoms with van der Waals surface area (Å²) in [4.78, 5) is 14.4. The summed E-state index contributed by atoms with van der Waals surface area (Å²) >= 11 is 0. The van der Waals surface area contributed by atoms with Gasteiger partial charge in [-0.15, -0.1) is 0 Å². The minimum atomic E-state index is -0.0320. The molecule has 0 aromatic carbocycles. The van der Waals surface area contributed by atoms with Crippen LogP contribution in [0.2, 0.25) is 0 Å². The molecule has 1 unspecified atom stereocenters. The van der Waals surface area contributed by atoms with Gasteiger partial charge in [-0.1, -0.05) is 20.8 Å². The van der Waals surface area contributed by atoms with Gasteiger partial charge in [-0.25, -0.2) is 0 Å². The zero-order chi connectivity index (χ0) is 12.6. The highest BCUT2D eigenvalue weighted by atomic mass is 16.2. The van der Waals surface area contributed by atoms with E-state index in [1.807, 2.05) is 0 Å². The summed E-state index contributed by atoms with van der Waals surface area (Å²) in [6, 6.07) is 0.505. The molecule has 0 aromatic heterocycles. The highest BCUT2D eigenvalue weighted by Gasteiger charge is 2.37. The van der Waals surface area contributed by atoms with Crippen molar-refractivity contribution in [2.45, 2.75) is 65.0 Å². The number of hydrogen-bond donors (Lipinski definition) is 1. The second-order valence-electron chi connectivity index (χ2n) is 6.90. The highest BCUT2D eigenvalue weighted by molar-refractivity contribution is 5.77. The Hall–Kier alpha value is -0.570. The van der Waals surface area contributed by atoms with Crippen molar-refractivity contribution in [3.63, 3.8) is 0 Å². The summed E-state index contributed by atoms with van der Waals surface area (Å²) in [6.45, 7) is 7.30. The number of nitrogens with zero attached hydrogens (tertiary/aromatic N) is 1. The quantitative estimate of drug-likeness (QED) is 0.797. The molecule has 3 nitrogen and oxygen atoms in total. The minimum absolute atomic E-state index is 0.0183. The molecule has 2 aliphatic carbocycles. The SMILES string of the molecule is CC(C)(C)C(N)CC(=O)N(CC1CC1)C1CC1. The van der Waals surface area contributed by atoms with E-state index in [0.717, 1.165) is 12.5 Å². The fourth-order valence-electron chi connectivity index (χ4n) is 2.03. The van der Waals surface area contributed by atoms with E-state index in [-0.39, 0.29) is 17.4 Å². The van der Waals surface area contributed by atoms with Crippen LogP contribution >= 0.6 is 0 Å². The van der Waals surface area contributed by atoms with Crippen LogP contribution < -0.4 is 5.73 Å². The van der Waals surface area contributed by atoms with E-state index in [9.17, 15) is 4.79 Å². The Morgan fingerprint density at radius 1 is 1.29 bits per heavy atom. The summed E-state index contributed by atoms with van der Waals surface area (Å²) in [5.41, 5.74) is 6.13. The van der Waals surface area contributed by atoms with Crippen molar-refractivity contribution < 1.29 is 4.79 Å². The van der Waals surface area contributed by atoms with Gasteiger partial charge >= 0.3 is 0 Å². The van der Waals surface area contributed by atoms with Crippen LogP contribution in [0.3, 0.4) is 0 Å². The summed E-state index contributed by atoms with van der Waals surface area (Å²) < 4.78 is 0. The Morgan fingerprint density at radius 3 is 2.29 bits per heavy atom. The third kappa shape index (κ3) is 3.70. The van der Waals surface area contributed by atoms with E-state index < -0.39 is 0 Å². The third-order valence-corrected chi connectivity index (χ3v) is 3.97. The lowest BCUT2D eigenvalue weighted by Crippen LogP contribution is -2.43. The number of amides is 1. The molecule has 98 valence electrons. The molecular weight excluding hydrogens is 212 g/mol. The molecule has 2 fully saturated rings. The van der Waals surface area contributed by atoms with Crippen molar-refractivity contribution in [1.29, 1.82) is 0 Å². The van der Waals surface area contributed by atoms with E-state index in [2.05, 4.69) is 25.7 Å². The molecule has 0 heterocycles. The highest BCUT2D eigenvalue weighted by Crippen LogP contribution is 2.35. The summed E-state index contributed by atoms with van der Waals surface area (Å²) in [5, 5.41) is 0. The Labute approximate surface area is 105 Å². The maximum Gasteiger partial charge on any atom is 0.224 e. The molecule has 1 atom stereocenters. The lowest BCUT2D eigenvalue weighted by molar-refractivity contribution is -0.133. The van der Waals surface area contributed by atoms with Crippen LogP contribution in [0.4, 0.5) is 0 Å². The largest absolute Gasteiger partial charge is 0.339 e. The van der Waals surface area contributed by atoms with Crippen LogP contribution in [0.5, 0.6) is 0 Å². The van der Waals surface area contributed by atoms with Gasteiger partial charge in [-0.05, 0) is 37.0 Å². The maximum atomic E-state index is 12.3. The first kappa shape index (κ1) is 12.9. The summed E-state index contributed by atoms with van der Waals surface area (Å²) in [7, 11) is 0. The van der Waals surface area contributed by atoms with Crippen molar-refractivity contribution in [2.75, 3.05) is 6.54 Å². The average molecular weight is 238 g/mol. The minimum Gasteiger partial charge on any atom is -0.339 e. The maximum absolute atomic E-state index is 12.3. The fraction of sp³-hybridized carbons (Fsp3) is 0.929. The lowest BCUT2D eigenvalue weighted by atomic mass is 9.85. The van der Waals surface area contributed by atoms with Crippen LogP contribution in [-0.4, -0.2) is 29.4 Å². The molecule has 2 aliphatic rings. The molecule has 1 amide bonds. The molecule has 2 rings (SSSR count). The second kappa shape index (κ2) is 4.60. The Morgan fingerprint density at radius 2 is 1.88 bits per heavy atom. The van der Waals surface area contributed by atoms with Crippen LogP contribution in [0.15, 0.2) is 0 Å². The van der Waals surface area contributed by atoms with Crippen LogP contribution in [0.25, 0.3) is 0 Å². The third-order valence-electron chi connectivity index (χ3n) is 3.97. The molecular formula is C14H26N2O. The van der Waals surface area contributed by atoms with Crippen molar-refractivity contribution in [3.8, 4) is 0 Å². The Bertz CT molecular complexity index is 287. The van der Waals surface area contributed by atoms with Crippen molar-refractivity contribution in [3.05, 3.63) is 0 Å². The van der Waals surface area contributed by atoms with E-state index in [4.69, 9.17) is 5.73 Å². The first-order chi connectivity index (χ1) is 7.88. The molecule has 0 bridgehead atoms. The smallest absolute Gasteiger partial charge is 0.224 e. The molecule has 0 aromatic rings. The molecule has 0 radical (unpaired) electrons. The van der Waals surface area contributed by atoms with E-state index in [0.29, 0.717) is 12.5 Å². The van der Waals surface area contributed by atoms with Gasteiger partial charge in [0.25, 0.3) is 0 Å². The Balaban J connectivity index is 1.87. The van der Waals surface area contributed by atoms with E-state index in [1.54, 1.807) is 0 Å². The van der Waals surface area contributed by atoms with Crippen LogP contribution in [0.1, 0.15) is 52.9 Å². The van der Waals surface area contributed by atoms with Gasteiger partial charge in [0.05, 0.1) is 0 Å². The average Bonchev–Trinajstić information content (AvgIpc) is 3.05. The normalized spacial score (nSPS) is 22.4. The fourth-order valence-corrected chi connectivity index (χ4v) is 2.03. The van der Waals surface area contributed by atoms with Gasteiger partial charge in [-0.3, -0.25) is 4.79 Å². The number of nitrogens with two attached hydrogens (primary N) is 1. The van der Waals surface area contributed by atoms with Crippen molar-refractivity contribution in [1.82, 2.24) is 4.90 Å². The van der Waals surface area contributed by atoms with E-state index >= 15 is 0 Å². The summed E-state index contributed by atoms with van der Waals surface area (Å²) in [6.07, 6.45) is 5.52. The van der Waals surface area contributed by atoms with Crippen LogP contribution in [0, 0.1) is 11.3 Å². The van der Waals surface area contributed by atoms with Crippen molar-refractivity contribution >= 4 is 5.91 Å². The first-order valence-electron chi connectivity index (χ1n) is 6.93. The zero-order valence-electron chi connectivity index (χ0n) is 11.4. The first-order valence-corrected chi connectivity index (χ1v) is 6.93. The molecule has 17 heavy (non-hydrogen) atoms. The predicted molar refractivity (Wildman–Crippen MR) is 69.5 cm³/mol. The standard InChI is InChI=1S/C14H26N2O/c1-14(2,3)12(15)8-13(17)16(11-6-7-11)9-10-4-5-10/h10-12H,4-9,15H2,1-3H3. The van der Waals surface area contributed by atoms with Crippen LogP contribution in [-0.2, 0) is 4.79 Å². The molecule has 2 saturated carbocycles. The monoisotopic (exact) mass is 238 g/mol. The number of rotatable bonds is 5. The van der Waals surface area contributed by atoms with Gasteiger partial charge in [-0.2, -0.15) is 0 Å².